The lowest BCUT2D eigenvalue weighted by Gasteiger charge is -2.11. The minimum Gasteiger partial charge on any atom is -0.457 e. The molecule has 0 fully saturated rings. The van der Waals surface area contributed by atoms with Crippen molar-refractivity contribution in [2.75, 3.05) is 0 Å². The van der Waals surface area contributed by atoms with Gasteiger partial charge in [0, 0.05) is 5.56 Å². The second-order valence-electron chi connectivity index (χ2n) is 4.16. The van der Waals surface area contributed by atoms with Crippen LogP contribution < -0.4 is 4.74 Å². The normalized spacial score (nSPS) is 10.0. The van der Waals surface area contributed by atoms with Crippen LogP contribution in [0.3, 0.4) is 0 Å². The average Bonchev–Trinajstić information content (AvgIpc) is 2.29. The highest BCUT2D eigenvalue weighted by atomic mass is 16.5. The Balaban J connectivity index is 2.20. The Kier molecular flexibility index (Phi) is 3.29. The van der Waals surface area contributed by atoms with E-state index in [9.17, 15) is 0 Å². The summed E-state index contributed by atoms with van der Waals surface area (Å²) >= 11 is 0. The first-order valence-electron chi connectivity index (χ1n) is 5.66. The van der Waals surface area contributed by atoms with E-state index in [2.05, 4.69) is 19.6 Å². The highest BCUT2D eigenvalue weighted by molar-refractivity contribution is 5.62. The van der Waals surface area contributed by atoms with Gasteiger partial charge in [-0.1, -0.05) is 43.0 Å². The molecule has 2 aromatic carbocycles. The maximum atomic E-state index is 5.77. The molecule has 0 amide bonds. The average molecular weight is 224 g/mol. The molecule has 17 heavy (non-hydrogen) atoms. The SMILES string of the molecule is C=C(Oc1cccc(C)c1)c1ccccc1C. The first-order valence-corrected chi connectivity index (χ1v) is 5.66. The van der Waals surface area contributed by atoms with Gasteiger partial charge < -0.3 is 4.74 Å². The quantitative estimate of drug-likeness (QED) is 0.704. The van der Waals surface area contributed by atoms with E-state index in [0.29, 0.717) is 5.76 Å². The predicted octanol–water partition coefficient (Wildman–Crippen LogP) is 4.35. The van der Waals surface area contributed by atoms with E-state index in [-0.39, 0.29) is 0 Å². The van der Waals surface area contributed by atoms with Gasteiger partial charge in [0.1, 0.15) is 11.5 Å². The van der Waals surface area contributed by atoms with Gasteiger partial charge in [-0.15, -0.1) is 0 Å². The molecule has 0 radical (unpaired) electrons. The van der Waals surface area contributed by atoms with E-state index >= 15 is 0 Å². The molecule has 2 aromatic rings. The minimum atomic E-state index is 0.689. The molecule has 0 aliphatic heterocycles. The maximum Gasteiger partial charge on any atom is 0.127 e. The van der Waals surface area contributed by atoms with Crippen LogP contribution in [0.25, 0.3) is 5.76 Å². The Bertz CT molecular complexity index is 541. The molecule has 2 rings (SSSR count). The van der Waals surface area contributed by atoms with Crippen molar-refractivity contribution in [3.05, 3.63) is 71.8 Å². The monoisotopic (exact) mass is 224 g/mol. The standard InChI is InChI=1S/C16H16O/c1-12-7-6-9-15(11-12)17-14(3)16-10-5-4-8-13(16)2/h4-11H,3H2,1-2H3. The van der Waals surface area contributed by atoms with Crippen LogP contribution >= 0.6 is 0 Å². The molecule has 0 aliphatic rings. The fourth-order valence-corrected chi connectivity index (χ4v) is 1.76. The van der Waals surface area contributed by atoms with Crippen LogP contribution in [-0.2, 0) is 0 Å². The fourth-order valence-electron chi connectivity index (χ4n) is 1.76. The van der Waals surface area contributed by atoms with Gasteiger partial charge in [0.05, 0.1) is 0 Å². The third kappa shape index (κ3) is 2.76. The number of rotatable bonds is 3. The Labute approximate surface area is 102 Å². The summed E-state index contributed by atoms with van der Waals surface area (Å²) in [5.74, 6) is 1.52. The topological polar surface area (TPSA) is 9.23 Å². The lowest BCUT2D eigenvalue weighted by atomic mass is 10.1. The predicted molar refractivity (Wildman–Crippen MR) is 72.0 cm³/mol. The van der Waals surface area contributed by atoms with E-state index in [1.807, 2.05) is 49.4 Å². The van der Waals surface area contributed by atoms with Crippen molar-refractivity contribution in [3.8, 4) is 5.75 Å². The van der Waals surface area contributed by atoms with Crippen molar-refractivity contribution < 1.29 is 4.74 Å². The zero-order valence-electron chi connectivity index (χ0n) is 10.2. The molecule has 0 heterocycles. The van der Waals surface area contributed by atoms with Crippen LogP contribution in [0.15, 0.2) is 55.1 Å². The Morgan fingerprint density at radius 3 is 2.47 bits per heavy atom. The van der Waals surface area contributed by atoms with E-state index in [1.165, 1.54) is 11.1 Å². The lowest BCUT2D eigenvalue weighted by Crippen LogP contribution is -1.95. The summed E-state index contributed by atoms with van der Waals surface area (Å²) in [7, 11) is 0. The minimum absolute atomic E-state index is 0.689. The number of hydrogen-bond acceptors (Lipinski definition) is 1. The van der Waals surface area contributed by atoms with Crippen molar-refractivity contribution in [1.82, 2.24) is 0 Å². The van der Waals surface area contributed by atoms with Crippen molar-refractivity contribution in [1.29, 1.82) is 0 Å². The van der Waals surface area contributed by atoms with E-state index in [0.717, 1.165) is 11.3 Å². The summed E-state index contributed by atoms with van der Waals surface area (Å²) in [5.41, 5.74) is 3.40. The summed E-state index contributed by atoms with van der Waals surface area (Å²) in [6.07, 6.45) is 0. The molecule has 0 N–H and O–H groups in total. The lowest BCUT2D eigenvalue weighted by molar-refractivity contribution is 0.516. The van der Waals surface area contributed by atoms with E-state index < -0.39 is 0 Å². The van der Waals surface area contributed by atoms with Gasteiger partial charge in [0.25, 0.3) is 0 Å². The first kappa shape index (κ1) is 11.5. The molecule has 0 saturated carbocycles. The number of ether oxygens (including phenoxy) is 1. The highest BCUT2D eigenvalue weighted by Crippen LogP contribution is 2.22. The Morgan fingerprint density at radius 2 is 1.76 bits per heavy atom. The second kappa shape index (κ2) is 4.88. The third-order valence-electron chi connectivity index (χ3n) is 2.68. The molecule has 86 valence electrons. The first-order chi connectivity index (χ1) is 8.16. The number of aryl methyl sites for hydroxylation is 2. The summed E-state index contributed by atoms with van der Waals surface area (Å²) in [4.78, 5) is 0. The summed E-state index contributed by atoms with van der Waals surface area (Å²) < 4.78 is 5.77. The molecule has 0 spiro atoms. The Hall–Kier alpha value is -2.02. The largest absolute Gasteiger partial charge is 0.457 e. The van der Waals surface area contributed by atoms with Crippen LogP contribution in [-0.4, -0.2) is 0 Å². The van der Waals surface area contributed by atoms with Gasteiger partial charge >= 0.3 is 0 Å². The van der Waals surface area contributed by atoms with Crippen LogP contribution in [0, 0.1) is 13.8 Å². The van der Waals surface area contributed by atoms with Gasteiger partial charge in [-0.05, 0) is 37.1 Å². The molecule has 0 atom stereocenters. The zero-order valence-corrected chi connectivity index (χ0v) is 10.2. The van der Waals surface area contributed by atoms with Gasteiger partial charge in [-0.2, -0.15) is 0 Å². The summed E-state index contributed by atoms with van der Waals surface area (Å²) in [6.45, 7) is 8.09. The van der Waals surface area contributed by atoms with Gasteiger partial charge in [-0.25, -0.2) is 0 Å². The molecule has 0 bridgehead atoms. The van der Waals surface area contributed by atoms with Crippen LogP contribution in [0.1, 0.15) is 16.7 Å². The van der Waals surface area contributed by atoms with Crippen LogP contribution in [0.2, 0.25) is 0 Å². The van der Waals surface area contributed by atoms with Gasteiger partial charge in [0.2, 0.25) is 0 Å². The second-order valence-corrected chi connectivity index (χ2v) is 4.16. The Morgan fingerprint density at radius 1 is 1.00 bits per heavy atom. The zero-order chi connectivity index (χ0) is 12.3. The highest BCUT2D eigenvalue weighted by Gasteiger charge is 2.04. The molecule has 1 heteroatoms. The van der Waals surface area contributed by atoms with Crippen LogP contribution in [0.4, 0.5) is 0 Å². The molecule has 0 aliphatic carbocycles. The smallest absolute Gasteiger partial charge is 0.127 e. The van der Waals surface area contributed by atoms with E-state index in [4.69, 9.17) is 4.74 Å². The van der Waals surface area contributed by atoms with Crippen molar-refractivity contribution in [3.63, 3.8) is 0 Å². The molecule has 0 unspecified atom stereocenters. The van der Waals surface area contributed by atoms with Gasteiger partial charge in [-0.3, -0.25) is 0 Å². The van der Waals surface area contributed by atoms with Crippen molar-refractivity contribution in [2.24, 2.45) is 0 Å². The molecule has 0 saturated heterocycles. The molecule has 1 nitrogen and oxygen atoms in total. The molecular formula is C16H16O. The number of benzene rings is 2. The number of hydrogen-bond donors (Lipinski definition) is 0. The molecular weight excluding hydrogens is 208 g/mol. The molecule has 0 aromatic heterocycles. The van der Waals surface area contributed by atoms with Crippen LogP contribution in [0.5, 0.6) is 5.75 Å². The summed E-state index contributed by atoms with van der Waals surface area (Å²) in [6, 6.07) is 16.1. The van der Waals surface area contributed by atoms with E-state index in [1.54, 1.807) is 0 Å². The summed E-state index contributed by atoms with van der Waals surface area (Å²) in [5, 5.41) is 0. The van der Waals surface area contributed by atoms with Gasteiger partial charge in [0.15, 0.2) is 0 Å². The van der Waals surface area contributed by atoms with Crippen molar-refractivity contribution in [2.45, 2.75) is 13.8 Å². The maximum absolute atomic E-state index is 5.77. The van der Waals surface area contributed by atoms with Crippen molar-refractivity contribution >= 4 is 5.76 Å². The fraction of sp³-hybridized carbons (Fsp3) is 0.125. The third-order valence-corrected chi connectivity index (χ3v) is 2.68.